The molecule has 2 aromatic carbocycles. The van der Waals surface area contributed by atoms with Crippen molar-refractivity contribution in [3.8, 4) is 11.5 Å². The highest BCUT2D eigenvalue weighted by Crippen LogP contribution is 2.38. The first-order chi connectivity index (χ1) is 14.4. The third kappa shape index (κ3) is 4.43. The Morgan fingerprint density at radius 2 is 1.80 bits per heavy atom. The Labute approximate surface area is 176 Å². The van der Waals surface area contributed by atoms with E-state index in [1.807, 2.05) is 36.9 Å². The van der Waals surface area contributed by atoms with Crippen LogP contribution in [0.1, 0.15) is 24.0 Å². The number of aliphatic hydroxyl groups is 1. The highest BCUT2D eigenvalue weighted by atomic mass is 19.1. The van der Waals surface area contributed by atoms with Crippen LogP contribution < -0.4 is 9.47 Å². The second-order valence-corrected chi connectivity index (χ2v) is 8.45. The molecule has 4 atom stereocenters. The lowest BCUT2D eigenvalue weighted by molar-refractivity contribution is -0.132. The average Bonchev–Trinajstić information content (AvgIpc) is 3.13. The van der Waals surface area contributed by atoms with Crippen molar-refractivity contribution in [3.05, 3.63) is 59.4 Å². The van der Waals surface area contributed by atoms with Crippen LogP contribution >= 0.6 is 0 Å². The van der Waals surface area contributed by atoms with Gasteiger partial charge in [-0.3, -0.25) is 4.79 Å². The number of ether oxygens (including phenoxy) is 2. The van der Waals surface area contributed by atoms with Crippen molar-refractivity contribution in [3.63, 3.8) is 0 Å². The fourth-order valence-corrected chi connectivity index (χ4v) is 4.52. The highest BCUT2D eigenvalue weighted by Gasteiger charge is 2.43. The first kappa shape index (κ1) is 20.7. The number of hydrogen-bond acceptors (Lipinski definition) is 4. The van der Waals surface area contributed by atoms with Crippen LogP contribution in [0.5, 0.6) is 11.5 Å². The molecule has 2 aliphatic rings. The zero-order valence-electron chi connectivity index (χ0n) is 17.4. The van der Waals surface area contributed by atoms with Gasteiger partial charge in [0.15, 0.2) is 6.61 Å². The lowest BCUT2D eigenvalue weighted by Gasteiger charge is -2.35. The minimum atomic E-state index is -0.599. The monoisotopic (exact) mass is 413 g/mol. The van der Waals surface area contributed by atoms with Crippen molar-refractivity contribution in [2.75, 3.05) is 19.7 Å². The van der Waals surface area contributed by atoms with E-state index in [2.05, 4.69) is 0 Å². The smallest absolute Gasteiger partial charge is 0.260 e. The van der Waals surface area contributed by atoms with Crippen LogP contribution in [0, 0.1) is 31.5 Å². The summed E-state index contributed by atoms with van der Waals surface area (Å²) in [6.07, 6.45) is 0.318. The number of carbonyl (C=O) groups excluding carboxylic acids is 1. The Morgan fingerprint density at radius 1 is 1.10 bits per heavy atom. The van der Waals surface area contributed by atoms with Gasteiger partial charge in [-0.15, -0.1) is 0 Å². The van der Waals surface area contributed by atoms with Crippen molar-refractivity contribution >= 4 is 5.91 Å². The number of likely N-dealkylation sites (tertiary alicyclic amines) is 1. The number of amides is 1. The Kier molecular flexibility index (Phi) is 5.95. The molecule has 0 aromatic heterocycles. The Balaban J connectivity index is 1.33. The summed E-state index contributed by atoms with van der Waals surface area (Å²) in [5.74, 6) is 1.48. The average molecular weight is 413 g/mol. The van der Waals surface area contributed by atoms with Crippen LogP contribution in [-0.4, -0.2) is 47.8 Å². The van der Waals surface area contributed by atoms with Gasteiger partial charge in [-0.1, -0.05) is 12.1 Å². The van der Waals surface area contributed by atoms with E-state index in [4.69, 9.17) is 9.47 Å². The number of nitrogens with zero attached hydrogens (tertiary/aromatic N) is 1. The second kappa shape index (κ2) is 8.64. The van der Waals surface area contributed by atoms with E-state index in [9.17, 15) is 14.3 Å². The van der Waals surface area contributed by atoms with Crippen molar-refractivity contribution in [2.45, 2.75) is 38.9 Å². The first-order valence-electron chi connectivity index (χ1n) is 10.5. The number of aryl methyl sites for hydroxylation is 1. The summed E-state index contributed by atoms with van der Waals surface area (Å²) in [4.78, 5) is 14.6. The van der Waals surface area contributed by atoms with Gasteiger partial charge < -0.3 is 19.5 Å². The molecule has 0 radical (unpaired) electrons. The SMILES string of the molecule is Cc1cccc(OCC(=O)N2C[C@H]3C[C@@H](Oc4ccc(F)cc4)[C@H](O)C[C@H]3C2)c1C. The summed E-state index contributed by atoms with van der Waals surface area (Å²) in [5, 5.41) is 10.5. The van der Waals surface area contributed by atoms with E-state index in [0.717, 1.165) is 16.9 Å². The van der Waals surface area contributed by atoms with Crippen molar-refractivity contribution in [1.29, 1.82) is 0 Å². The molecule has 160 valence electrons. The zero-order valence-corrected chi connectivity index (χ0v) is 17.4. The van der Waals surface area contributed by atoms with Gasteiger partial charge in [0.05, 0.1) is 6.10 Å². The maximum absolute atomic E-state index is 13.1. The molecule has 1 saturated carbocycles. The summed E-state index contributed by atoms with van der Waals surface area (Å²) in [6, 6.07) is 11.7. The molecular weight excluding hydrogens is 385 g/mol. The van der Waals surface area contributed by atoms with Crippen molar-refractivity contribution in [2.24, 2.45) is 11.8 Å². The van der Waals surface area contributed by atoms with Crippen LogP contribution in [-0.2, 0) is 4.79 Å². The summed E-state index contributed by atoms with van der Waals surface area (Å²) in [5.41, 5.74) is 2.18. The minimum Gasteiger partial charge on any atom is -0.488 e. The molecule has 1 aliphatic carbocycles. The molecule has 30 heavy (non-hydrogen) atoms. The molecule has 0 bridgehead atoms. The predicted octanol–water partition coefficient (Wildman–Crippen LogP) is 3.50. The Hall–Kier alpha value is -2.60. The third-order valence-corrected chi connectivity index (χ3v) is 6.44. The topological polar surface area (TPSA) is 59.0 Å². The van der Waals surface area contributed by atoms with E-state index in [-0.39, 0.29) is 36.3 Å². The molecular formula is C24H28FNO4. The van der Waals surface area contributed by atoms with Crippen LogP contribution in [0.25, 0.3) is 0 Å². The summed E-state index contributed by atoms with van der Waals surface area (Å²) >= 11 is 0. The first-order valence-corrected chi connectivity index (χ1v) is 10.5. The lowest BCUT2D eigenvalue weighted by atomic mass is 9.78. The van der Waals surface area contributed by atoms with E-state index in [1.165, 1.54) is 12.1 Å². The van der Waals surface area contributed by atoms with Crippen LogP contribution in [0.2, 0.25) is 0 Å². The Morgan fingerprint density at radius 3 is 2.53 bits per heavy atom. The number of carbonyl (C=O) groups is 1. The van der Waals surface area contributed by atoms with Gasteiger partial charge in [-0.2, -0.15) is 0 Å². The molecule has 5 nitrogen and oxygen atoms in total. The molecule has 1 aliphatic heterocycles. The van der Waals surface area contributed by atoms with Gasteiger partial charge in [0.25, 0.3) is 5.91 Å². The van der Waals surface area contributed by atoms with Gasteiger partial charge in [-0.25, -0.2) is 4.39 Å². The van der Waals surface area contributed by atoms with Gasteiger partial charge in [0, 0.05) is 13.1 Å². The van der Waals surface area contributed by atoms with Gasteiger partial charge in [-0.05, 0) is 80.0 Å². The lowest BCUT2D eigenvalue weighted by Crippen LogP contribution is -2.42. The highest BCUT2D eigenvalue weighted by molar-refractivity contribution is 5.78. The number of aliphatic hydroxyl groups excluding tert-OH is 1. The maximum Gasteiger partial charge on any atom is 0.260 e. The normalized spacial score (nSPS) is 25.7. The van der Waals surface area contributed by atoms with Crippen molar-refractivity contribution in [1.82, 2.24) is 4.90 Å². The Bertz CT molecular complexity index is 901. The number of halogens is 1. The zero-order chi connectivity index (χ0) is 21.3. The van der Waals surface area contributed by atoms with E-state index in [1.54, 1.807) is 12.1 Å². The second-order valence-electron chi connectivity index (χ2n) is 8.45. The molecule has 2 aromatic rings. The fourth-order valence-electron chi connectivity index (χ4n) is 4.52. The molecule has 0 spiro atoms. The quantitative estimate of drug-likeness (QED) is 0.815. The molecule has 6 heteroatoms. The number of rotatable bonds is 5. The van der Waals surface area contributed by atoms with E-state index in [0.29, 0.717) is 31.7 Å². The van der Waals surface area contributed by atoms with Crippen molar-refractivity contribution < 1.29 is 23.8 Å². The fraction of sp³-hybridized carbons (Fsp3) is 0.458. The summed E-state index contributed by atoms with van der Waals surface area (Å²) < 4.78 is 24.8. The van der Waals surface area contributed by atoms with Gasteiger partial charge in [0.2, 0.25) is 0 Å². The molecule has 1 heterocycles. The standard InChI is InChI=1S/C24H28FNO4/c1-15-4-3-5-22(16(15)2)29-14-24(28)26-12-17-10-21(27)23(11-18(17)13-26)30-20-8-6-19(25)7-9-20/h3-9,17-18,21,23,27H,10-14H2,1-2H3/t17-,18+,21+,23+/m0/s1. The number of fused-ring (bicyclic) bond motifs is 1. The molecule has 1 amide bonds. The largest absolute Gasteiger partial charge is 0.488 e. The molecule has 1 N–H and O–H groups in total. The van der Waals surface area contributed by atoms with Crippen LogP contribution in [0.4, 0.5) is 4.39 Å². The van der Waals surface area contributed by atoms with Gasteiger partial charge >= 0.3 is 0 Å². The summed E-state index contributed by atoms with van der Waals surface area (Å²) in [7, 11) is 0. The van der Waals surface area contributed by atoms with Gasteiger partial charge in [0.1, 0.15) is 23.4 Å². The molecule has 2 fully saturated rings. The third-order valence-electron chi connectivity index (χ3n) is 6.44. The van der Waals surface area contributed by atoms with E-state index >= 15 is 0 Å². The summed E-state index contributed by atoms with van der Waals surface area (Å²) in [6.45, 7) is 5.31. The van der Waals surface area contributed by atoms with Crippen LogP contribution in [0.15, 0.2) is 42.5 Å². The number of hydrogen-bond donors (Lipinski definition) is 1. The maximum atomic E-state index is 13.1. The number of benzene rings is 2. The van der Waals surface area contributed by atoms with E-state index < -0.39 is 6.10 Å². The molecule has 0 unspecified atom stereocenters. The van der Waals surface area contributed by atoms with Crippen LogP contribution in [0.3, 0.4) is 0 Å². The molecule has 1 saturated heterocycles. The predicted molar refractivity (Wildman–Crippen MR) is 111 cm³/mol. The minimum absolute atomic E-state index is 0.0157. The molecule has 4 rings (SSSR count).